The summed E-state index contributed by atoms with van der Waals surface area (Å²) in [7, 11) is 1.51. The second kappa shape index (κ2) is 9.68. The molecule has 2 aromatic carbocycles. The van der Waals surface area contributed by atoms with Crippen molar-refractivity contribution in [1.82, 2.24) is 15.5 Å². The highest BCUT2D eigenvalue weighted by atomic mass is 16.4. The number of carbonyl (C=O) groups excluding carboxylic acids is 3. The lowest BCUT2D eigenvalue weighted by molar-refractivity contribution is -0.138. The van der Waals surface area contributed by atoms with E-state index in [0.717, 1.165) is 22.3 Å². The summed E-state index contributed by atoms with van der Waals surface area (Å²) in [5.41, 5.74) is 5.18. The van der Waals surface area contributed by atoms with Gasteiger partial charge in [-0.15, -0.1) is 0 Å². The summed E-state index contributed by atoms with van der Waals surface area (Å²) < 4.78 is 0. The Labute approximate surface area is 192 Å². The minimum Gasteiger partial charge on any atom is -0.481 e. The van der Waals surface area contributed by atoms with E-state index < -0.39 is 35.8 Å². The molecule has 8 nitrogen and oxygen atoms in total. The third-order valence-corrected chi connectivity index (χ3v) is 5.76. The average Bonchev–Trinajstić information content (AvgIpc) is 2.74. The van der Waals surface area contributed by atoms with Crippen molar-refractivity contribution in [3.05, 3.63) is 70.9 Å². The van der Waals surface area contributed by atoms with Crippen LogP contribution in [-0.4, -0.2) is 46.8 Å². The van der Waals surface area contributed by atoms with Crippen LogP contribution in [0.15, 0.2) is 54.2 Å². The summed E-state index contributed by atoms with van der Waals surface area (Å²) in [6, 6.07) is 10.3. The Morgan fingerprint density at radius 3 is 2.33 bits per heavy atom. The highest BCUT2D eigenvalue weighted by Crippen LogP contribution is 2.30. The topological polar surface area (TPSA) is 116 Å². The Kier molecular flexibility index (Phi) is 6.96. The van der Waals surface area contributed by atoms with Crippen LogP contribution in [0, 0.1) is 13.8 Å². The van der Waals surface area contributed by atoms with Gasteiger partial charge >= 0.3 is 12.0 Å². The first-order valence-corrected chi connectivity index (χ1v) is 10.5. The number of carbonyl (C=O) groups is 4. The molecule has 3 N–H and O–H groups in total. The molecule has 33 heavy (non-hydrogen) atoms. The number of rotatable bonds is 6. The SMILES string of the molecule is CC1=CC(=O)C(NC(=O)NC(CC(=O)O)c2cccc(-c3c(C)cccc3C)c2)C(=O)N1C. The Bertz CT molecular complexity index is 1130. The molecule has 0 fully saturated rings. The fourth-order valence-electron chi connectivity index (χ4n) is 3.95. The first-order valence-electron chi connectivity index (χ1n) is 10.5. The molecule has 172 valence electrons. The summed E-state index contributed by atoms with van der Waals surface area (Å²) in [4.78, 5) is 50.1. The van der Waals surface area contributed by atoms with E-state index in [-0.39, 0.29) is 6.42 Å². The van der Waals surface area contributed by atoms with Crippen molar-refractivity contribution in [3.63, 3.8) is 0 Å². The van der Waals surface area contributed by atoms with Crippen molar-refractivity contribution < 1.29 is 24.3 Å². The van der Waals surface area contributed by atoms with Crippen LogP contribution in [0.5, 0.6) is 0 Å². The maximum Gasteiger partial charge on any atom is 0.316 e. The van der Waals surface area contributed by atoms with Gasteiger partial charge in [-0.2, -0.15) is 0 Å². The lowest BCUT2D eigenvalue weighted by Crippen LogP contribution is -2.56. The van der Waals surface area contributed by atoms with Crippen LogP contribution in [0.25, 0.3) is 11.1 Å². The van der Waals surface area contributed by atoms with Crippen LogP contribution >= 0.6 is 0 Å². The number of carboxylic acid groups (broad SMARTS) is 1. The molecule has 0 aliphatic carbocycles. The summed E-state index contributed by atoms with van der Waals surface area (Å²) in [5.74, 6) is -2.18. The second-order valence-corrected chi connectivity index (χ2v) is 8.18. The number of nitrogens with one attached hydrogen (secondary N) is 2. The first kappa shape index (κ1) is 23.7. The number of benzene rings is 2. The van der Waals surface area contributed by atoms with Crippen molar-refractivity contribution in [2.75, 3.05) is 7.05 Å². The van der Waals surface area contributed by atoms with Crippen molar-refractivity contribution in [2.45, 2.75) is 39.3 Å². The Morgan fingerprint density at radius 2 is 1.70 bits per heavy atom. The molecule has 0 aromatic heterocycles. The van der Waals surface area contributed by atoms with Gasteiger partial charge in [-0.3, -0.25) is 14.4 Å². The van der Waals surface area contributed by atoms with E-state index >= 15 is 0 Å². The monoisotopic (exact) mass is 449 g/mol. The van der Waals surface area contributed by atoms with Crippen LogP contribution < -0.4 is 10.6 Å². The lowest BCUT2D eigenvalue weighted by Gasteiger charge is -2.28. The fourth-order valence-corrected chi connectivity index (χ4v) is 3.95. The minimum absolute atomic E-state index is 0.366. The number of amides is 3. The van der Waals surface area contributed by atoms with Crippen LogP contribution in [0.4, 0.5) is 4.79 Å². The van der Waals surface area contributed by atoms with Crippen LogP contribution in [0.3, 0.4) is 0 Å². The predicted molar refractivity (Wildman–Crippen MR) is 123 cm³/mol. The van der Waals surface area contributed by atoms with Gasteiger partial charge in [0.2, 0.25) is 0 Å². The van der Waals surface area contributed by atoms with Gasteiger partial charge in [0.25, 0.3) is 5.91 Å². The van der Waals surface area contributed by atoms with Crippen molar-refractivity contribution in [1.29, 1.82) is 0 Å². The van der Waals surface area contributed by atoms with E-state index in [1.54, 1.807) is 13.0 Å². The van der Waals surface area contributed by atoms with E-state index in [1.165, 1.54) is 18.0 Å². The van der Waals surface area contributed by atoms with Crippen molar-refractivity contribution in [2.24, 2.45) is 0 Å². The Hall–Kier alpha value is -3.94. The molecule has 1 aliphatic heterocycles. The number of ketones is 1. The summed E-state index contributed by atoms with van der Waals surface area (Å²) in [6.45, 7) is 5.62. The van der Waals surface area contributed by atoms with Crippen molar-refractivity contribution >= 4 is 23.7 Å². The second-order valence-electron chi connectivity index (χ2n) is 8.18. The zero-order chi connectivity index (χ0) is 24.3. The number of nitrogens with zero attached hydrogens (tertiary/aromatic N) is 1. The highest BCUT2D eigenvalue weighted by molar-refractivity contribution is 6.14. The highest BCUT2D eigenvalue weighted by Gasteiger charge is 2.34. The minimum atomic E-state index is -1.36. The average molecular weight is 450 g/mol. The van der Waals surface area contributed by atoms with Gasteiger partial charge in [0, 0.05) is 18.8 Å². The van der Waals surface area contributed by atoms with E-state index in [2.05, 4.69) is 10.6 Å². The molecule has 2 unspecified atom stereocenters. The number of urea groups is 1. The number of hydrogen-bond donors (Lipinski definition) is 3. The number of allylic oxidation sites excluding steroid dienone is 1. The van der Waals surface area contributed by atoms with E-state index in [0.29, 0.717) is 11.3 Å². The van der Waals surface area contributed by atoms with E-state index in [1.807, 2.05) is 50.2 Å². The zero-order valence-electron chi connectivity index (χ0n) is 19.0. The fraction of sp³-hybridized carbons (Fsp3) is 0.280. The van der Waals surface area contributed by atoms with Crippen LogP contribution in [0.2, 0.25) is 0 Å². The largest absolute Gasteiger partial charge is 0.481 e. The Morgan fingerprint density at radius 1 is 1.06 bits per heavy atom. The molecule has 1 heterocycles. The quantitative estimate of drug-likeness (QED) is 0.586. The third kappa shape index (κ3) is 5.28. The normalized spacial score (nSPS) is 16.8. The standard InChI is InChI=1S/C25H27N3O5/c1-14-7-5-8-15(2)22(14)18-10-6-9-17(12-18)19(13-21(30)31)26-25(33)27-23-20(29)11-16(3)28(4)24(23)32/h5-12,19,23H,13H2,1-4H3,(H,30,31)(H2,26,27,33). The van der Waals surface area contributed by atoms with Gasteiger partial charge in [0.1, 0.15) is 0 Å². The number of hydrogen-bond acceptors (Lipinski definition) is 4. The maximum atomic E-state index is 12.7. The van der Waals surface area contributed by atoms with Gasteiger partial charge in [0.15, 0.2) is 11.8 Å². The number of aryl methyl sites for hydroxylation is 2. The van der Waals surface area contributed by atoms with Crippen LogP contribution in [-0.2, 0) is 14.4 Å². The van der Waals surface area contributed by atoms with Gasteiger partial charge < -0.3 is 20.6 Å². The molecule has 0 spiro atoms. The molecule has 1 aliphatic rings. The third-order valence-electron chi connectivity index (χ3n) is 5.76. The number of likely N-dealkylation sites (N-methyl/N-ethyl adjacent to an activating group) is 1. The molecule has 0 bridgehead atoms. The molecule has 8 heteroatoms. The zero-order valence-corrected chi connectivity index (χ0v) is 19.0. The molecular weight excluding hydrogens is 422 g/mol. The molecule has 2 atom stereocenters. The van der Waals surface area contributed by atoms with Gasteiger partial charge in [-0.25, -0.2) is 4.79 Å². The smallest absolute Gasteiger partial charge is 0.316 e. The van der Waals surface area contributed by atoms with Crippen molar-refractivity contribution in [3.8, 4) is 11.1 Å². The molecule has 3 amide bonds. The number of aliphatic carboxylic acids is 1. The molecule has 3 rings (SSSR count). The number of carboxylic acids is 1. The Balaban J connectivity index is 1.85. The van der Waals surface area contributed by atoms with Gasteiger partial charge in [-0.05, 0) is 54.7 Å². The molecular formula is C25H27N3O5. The molecule has 2 aromatic rings. The van der Waals surface area contributed by atoms with E-state index in [4.69, 9.17) is 0 Å². The maximum absolute atomic E-state index is 12.7. The predicted octanol–water partition coefficient (Wildman–Crippen LogP) is 3.10. The summed E-state index contributed by atoms with van der Waals surface area (Å²) in [6.07, 6.45) is 0.921. The lowest BCUT2D eigenvalue weighted by atomic mass is 9.93. The molecule has 0 saturated carbocycles. The van der Waals surface area contributed by atoms with Gasteiger partial charge in [0.05, 0.1) is 12.5 Å². The molecule has 0 saturated heterocycles. The van der Waals surface area contributed by atoms with E-state index in [9.17, 15) is 24.3 Å². The van der Waals surface area contributed by atoms with Gasteiger partial charge in [-0.1, -0.05) is 36.4 Å². The summed E-state index contributed by atoms with van der Waals surface area (Å²) >= 11 is 0. The molecule has 0 radical (unpaired) electrons. The first-order chi connectivity index (χ1) is 15.6. The summed E-state index contributed by atoms with van der Waals surface area (Å²) in [5, 5.41) is 14.4. The van der Waals surface area contributed by atoms with Crippen LogP contribution in [0.1, 0.15) is 36.1 Å².